The summed E-state index contributed by atoms with van der Waals surface area (Å²) in [5, 5.41) is 9.87. The van der Waals surface area contributed by atoms with Crippen molar-refractivity contribution in [2.75, 3.05) is 31.2 Å². The Morgan fingerprint density at radius 2 is 2.35 bits per heavy atom. The summed E-state index contributed by atoms with van der Waals surface area (Å²) in [4.78, 5) is 2.48. The molecule has 0 spiro atoms. The van der Waals surface area contributed by atoms with Gasteiger partial charge in [-0.05, 0) is 31.4 Å². The van der Waals surface area contributed by atoms with Gasteiger partial charge in [-0.2, -0.15) is 11.8 Å². The molecule has 0 bridgehead atoms. The van der Waals surface area contributed by atoms with E-state index in [0.717, 1.165) is 26.1 Å². The van der Waals surface area contributed by atoms with Gasteiger partial charge in [0.2, 0.25) is 0 Å². The number of ether oxygens (including phenoxy) is 1. The van der Waals surface area contributed by atoms with Crippen molar-refractivity contribution in [3.05, 3.63) is 0 Å². The predicted octanol–water partition coefficient (Wildman–Crippen LogP) is 1.74. The fourth-order valence-electron chi connectivity index (χ4n) is 2.63. The van der Waals surface area contributed by atoms with E-state index < -0.39 is 0 Å². The van der Waals surface area contributed by atoms with Gasteiger partial charge in [-0.1, -0.05) is 6.92 Å². The van der Waals surface area contributed by atoms with E-state index in [-0.39, 0.29) is 6.10 Å². The van der Waals surface area contributed by atoms with E-state index in [1.54, 1.807) is 0 Å². The molecule has 0 aromatic heterocycles. The Bertz CT molecular complexity index is 215. The van der Waals surface area contributed by atoms with Crippen LogP contribution in [0.4, 0.5) is 0 Å². The first-order chi connectivity index (χ1) is 8.29. The zero-order chi connectivity index (χ0) is 12.1. The van der Waals surface area contributed by atoms with E-state index in [2.05, 4.69) is 11.8 Å². The Labute approximate surface area is 109 Å². The molecule has 2 saturated heterocycles. The molecule has 0 amide bonds. The molecule has 3 unspecified atom stereocenters. The van der Waals surface area contributed by atoms with E-state index in [4.69, 9.17) is 4.74 Å². The third-order valence-electron chi connectivity index (χ3n) is 3.80. The minimum absolute atomic E-state index is 0.179. The van der Waals surface area contributed by atoms with Crippen LogP contribution in [-0.4, -0.2) is 59.5 Å². The lowest BCUT2D eigenvalue weighted by atomic mass is 10.1. The Balaban J connectivity index is 1.85. The minimum atomic E-state index is -0.179. The summed E-state index contributed by atoms with van der Waals surface area (Å²) < 4.78 is 5.73. The van der Waals surface area contributed by atoms with Crippen LogP contribution >= 0.6 is 11.8 Å². The van der Waals surface area contributed by atoms with E-state index >= 15 is 0 Å². The van der Waals surface area contributed by atoms with Gasteiger partial charge in [-0.25, -0.2) is 0 Å². The molecule has 0 aromatic carbocycles. The van der Waals surface area contributed by atoms with Crippen molar-refractivity contribution in [1.82, 2.24) is 4.90 Å². The van der Waals surface area contributed by atoms with Gasteiger partial charge in [0.1, 0.15) is 0 Å². The molecule has 2 fully saturated rings. The molecule has 0 aromatic rings. The maximum absolute atomic E-state index is 9.87. The van der Waals surface area contributed by atoms with Gasteiger partial charge in [0.15, 0.2) is 0 Å². The molecule has 17 heavy (non-hydrogen) atoms. The molecule has 0 aliphatic carbocycles. The Morgan fingerprint density at radius 1 is 1.47 bits per heavy atom. The van der Waals surface area contributed by atoms with Crippen molar-refractivity contribution < 1.29 is 9.84 Å². The van der Waals surface area contributed by atoms with Crippen LogP contribution in [0.2, 0.25) is 0 Å². The highest BCUT2D eigenvalue weighted by molar-refractivity contribution is 7.99. The fourth-order valence-corrected chi connectivity index (χ4v) is 3.89. The summed E-state index contributed by atoms with van der Waals surface area (Å²) in [5.41, 5.74) is 0. The van der Waals surface area contributed by atoms with Crippen LogP contribution in [-0.2, 0) is 4.74 Å². The predicted molar refractivity (Wildman–Crippen MR) is 72.6 cm³/mol. The number of aliphatic hydroxyl groups excluding tert-OH is 1. The van der Waals surface area contributed by atoms with Crippen LogP contribution in [0.1, 0.15) is 32.6 Å². The second kappa shape index (κ2) is 6.98. The average Bonchev–Trinajstić information content (AvgIpc) is 3.00. The van der Waals surface area contributed by atoms with Crippen molar-refractivity contribution >= 4 is 11.8 Å². The van der Waals surface area contributed by atoms with Crippen molar-refractivity contribution in [2.45, 2.75) is 50.9 Å². The molecular formula is C13H25NO2S. The molecule has 0 saturated carbocycles. The normalized spacial score (nSPS) is 31.2. The molecule has 3 atom stereocenters. The lowest BCUT2D eigenvalue weighted by molar-refractivity contribution is 0.0339. The van der Waals surface area contributed by atoms with E-state index in [1.807, 2.05) is 11.8 Å². The molecule has 2 heterocycles. The summed E-state index contributed by atoms with van der Waals surface area (Å²) in [7, 11) is 0. The Kier molecular flexibility index (Phi) is 5.60. The number of thioether (sulfide) groups is 1. The van der Waals surface area contributed by atoms with Crippen molar-refractivity contribution in [3.63, 3.8) is 0 Å². The van der Waals surface area contributed by atoms with E-state index in [0.29, 0.717) is 12.1 Å². The maximum atomic E-state index is 9.87. The van der Waals surface area contributed by atoms with Gasteiger partial charge < -0.3 is 9.84 Å². The second-order valence-electron chi connectivity index (χ2n) is 5.17. The van der Waals surface area contributed by atoms with Crippen molar-refractivity contribution in [2.24, 2.45) is 0 Å². The third-order valence-corrected chi connectivity index (χ3v) is 4.95. The molecule has 4 heteroatoms. The Hall–Kier alpha value is 0.230. The van der Waals surface area contributed by atoms with E-state index in [1.165, 1.54) is 30.8 Å². The third kappa shape index (κ3) is 4.12. The summed E-state index contributed by atoms with van der Waals surface area (Å²) in [6.45, 7) is 4.82. The molecule has 3 nitrogen and oxygen atoms in total. The smallest absolute Gasteiger partial charge is 0.0702 e. The molecule has 2 rings (SSSR count). The number of rotatable bonds is 6. The number of aliphatic hydroxyl groups is 1. The van der Waals surface area contributed by atoms with Crippen LogP contribution in [0.25, 0.3) is 0 Å². The number of hydrogen-bond acceptors (Lipinski definition) is 4. The number of nitrogens with zero attached hydrogens (tertiary/aromatic N) is 1. The van der Waals surface area contributed by atoms with Crippen LogP contribution in [0, 0.1) is 0 Å². The SMILES string of the molecule is CCC(O)CN(CC1CCCO1)C1CCSC1. The van der Waals surface area contributed by atoms with Crippen LogP contribution in [0.5, 0.6) is 0 Å². The molecule has 2 aliphatic rings. The van der Waals surface area contributed by atoms with Gasteiger partial charge in [-0.3, -0.25) is 4.90 Å². The monoisotopic (exact) mass is 259 g/mol. The maximum Gasteiger partial charge on any atom is 0.0702 e. The molecular weight excluding hydrogens is 234 g/mol. The first kappa shape index (κ1) is 13.7. The lowest BCUT2D eigenvalue weighted by Crippen LogP contribution is -2.44. The first-order valence-electron chi connectivity index (χ1n) is 6.91. The van der Waals surface area contributed by atoms with Crippen LogP contribution in [0.3, 0.4) is 0 Å². The topological polar surface area (TPSA) is 32.7 Å². The standard InChI is InChI=1S/C13H25NO2S/c1-2-12(15)8-14(11-5-7-17-10-11)9-13-4-3-6-16-13/h11-13,15H,2-10H2,1H3. The van der Waals surface area contributed by atoms with Crippen LogP contribution in [0.15, 0.2) is 0 Å². The lowest BCUT2D eigenvalue weighted by Gasteiger charge is -2.32. The second-order valence-corrected chi connectivity index (χ2v) is 6.32. The van der Waals surface area contributed by atoms with Gasteiger partial charge in [0.25, 0.3) is 0 Å². The molecule has 0 radical (unpaired) electrons. The quantitative estimate of drug-likeness (QED) is 0.787. The molecule has 100 valence electrons. The summed E-state index contributed by atoms with van der Waals surface area (Å²) in [6.07, 6.45) is 4.74. The number of hydrogen-bond donors (Lipinski definition) is 1. The fraction of sp³-hybridized carbons (Fsp3) is 1.00. The largest absolute Gasteiger partial charge is 0.392 e. The van der Waals surface area contributed by atoms with Crippen molar-refractivity contribution in [1.29, 1.82) is 0 Å². The van der Waals surface area contributed by atoms with Crippen LogP contribution < -0.4 is 0 Å². The summed E-state index contributed by atoms with van der Waals surface area (Å²) in [6, 6.07) is 0.658. The summed E-state index contributed by atoms with van der Waals surface area (Å²) in [5.74, 6) is 2.50. The van der Waals surface area contributed by atoms with Crippen molar-refractivity contribution in [3.8, 4) is 0 Å². The van der Waals surface area contributed by atoms with Gasteiger partial charge in [0, 0.05) is 31.5 Å². The zero-order valence-corrected chi connectivity index (χ0v) is 11.6. The Morgan fingerprint density at radius 3 is 2.94 bits per heavy atom. The average molecular weight is 259 g/mol. The zero-order valence-electron chi connectivity index (χ0n) is 10.8. The highest BCUT2D eigenvalue weighted by Crippen LogP contribution is 2.24. The molecule has 1 N–H and O–H groups in total. The highest BCUT2D eigenvalue weighted by Gasteiger charge is 2.28. The van der Waals surface area contributed by atoms with Gasteiger partial charge >= 0.3 is 0 Å². The van der Waals surface area contributed by atoms with Gasteiger partial charge in [0.05, 0.1) is 12.2 Å². The van der Waals surface area contributed by atoms with E-state index in [9.17, 15) is 5.11 Å². The highest BCUT2D eigenvalue weighted by atomic mass is 32.2. The summed E-state index contributed by atoms with van der Waals surface area (Å²) >= 11 is 2.04. The first-order valence-corrected chi connectivity index (χ1v) is 8.06. The molecule has 2 aliphatic heterocycles. The van der Waals surface area contributed by atoms with Gasteiger partial charge in [-0.15, -0.1) is 0 Å². The minimum Gasteiger partial charge on any atom is -0.392 e.